The zero-order chi connectivity index (χ0) is 15.2. The Hall–Kier alpha value is -1.59. The van der Waals surface area contributed by atoms with Gasteiger partial charge < -0.3 is 14.8 Å². The molecule has 0 amide bonds. The van der Waals surface area contributed by atoms with Crippen LogP contribution in [0.4, 0.5) is 0 Å². The summed E-state index contributed by atoms with van der Waals surface area (Å²) >= 11 is 1.70. The molecule has 2 rings (SSSR count). The van der Waals surface area contributed by atoms with Gasteiger partial charge in [0, 0.05) is 36.0 Å². The second kappa shape index (κ2) is 7.43. The number of nitrogens with one attached hydrogen (secondary N) is 1. The minimum absolute atomic E-state index is 0.214. The Balaban J connectivity index is 1.94. The van der Waals surface area contributed by atoms with Gasteiger partial charge in [0.15, 0.2) is 0 Å². The number of hydrogen-bond acceptors (Lipinski definition) is 5. The fourth-order valence-electron chi connectivity index (χ4n) is 2.23. The van der Waals surface area contributed by atoms with Crippen LogP contribution in [0.1, 0.15) is 29.2 Å². The van der Waals surface area contributed by atoms with Crippen LogP contribution in [-0.2, 0) is 6.42 Å². The predicted molar refractivity (Wildman–Crippen MR) is 86.5 cm³/mol. The Kier molecular flexibility index (Phi) is 5.59. The summed E-state index contributed by atoms with van der Waals surface area (Å²) in [5, 5.41) is 6.75. The van der Waals surface area contributed by atoms with E-state index in [1.165, 1.54) is 0 Å². The topological polar surface area (TPSA) is 43.4 Å². The highest BCUT2D eigenvalue weighted by atomic mass is 32.1. The largest absolute Gasteiger partial charge is 0.497 e. The van der Waals surface area contributed by atoms with Crippen molar-refractivity contribution in [2.75, 3.05) is 20.8 Å². The first kappa shape index (κ1) is 15.8. The highest BCUT2D eigenvalue weighted by Crippen LogP contribution is 2.29. The third-order valence-corrected chi connectivity index (χ3v) is 4.23. The molecular formula is C16H22N2O2S. The molecule has 0 saturated carbocycles. The van der Waals surface area contributed by atoms with E-state index < -0.39 is 0 Å². The van der Waals surface area contributed by atoms with Crippen molar-refractivity contribution in [3.05, 3.63) is 39.8 Å². The van der Waals surface area contributed by atoms with Gasteiger partial charge in [0.05, 0.1) is 24.9 Å². The summed E-state index contributed by atoms with van der Waals surface area (Å²) in [6.45, 7) is 5.06. The molecule has 1 heterocycles. The first-order valence-corrected chi connectivity index (χ1v) is 7.88. The van der Waals surface area contributed by atoms with Crippen LogP contribution < -0.4 is 14.8 Å². The van der Waals surface area contributed by atoms with Crippen molar-refractivity contribution in [3.8, 4) is 11.5 Å². The fourth-order valence-corrected chi connectivity index (χ4v) is 2.87. The summed E-state index contributed by atoms with van der Waals surface area (Å²) in [5.74, 6) is 1.65. The van der Waals surface area contributed by atoms with Crippen molar-refractivity contribution in [1.29, 1.82) is 0 Å². The van der Waals surface area contributed by atoms with Crippen LogP contribution in [-0.4, -0.2) is 25.7 Å². The normalized spacial score (nSPS) is 12.2. The number of rotatable bonds is 7. The summed E-state index contributed by atoms with van der Waals surface area (Å²) in [6, 6.07) is 6.13. The summed E-state index contributed by atoms with van der Waals surface area (Å²) in [7, 11) is 3.34. The van der Waals surface area contributed by atoms with Crippen LogP contribution in [0.25, 0.3) is 0 Å². The average Bonchev–Trinajstić information content (AvgIpc) is 2.91. The molecule has 1 N–H and O–H groups in total. The molecule has 0 aliphatic heterocycles. The maximum absolute atomic E-state index is 5.45. The van der Waals surface area contributed by atoms with E-state index in [2.05, 4.69) is 22.6 Å². The maximum atomic E-state index is 5.45. The molecule has 0 fully saturated rings. The van der Waals surface area contributed by atoms with E-state index in [9.17, 15) is 0 Å². The van der Waals surface area contributed by atoms with E-state index in [4.69, 9.17) is 9.47 Å². The van der Waals surface area contributed by atoms with Crippen LogP contribution in [0.3, 0.4) is 0 Å². The van der Waals surface area contributed by atoms with Crippen molar-refractivity contribution in [2.45, 2.75) is 26.3 Å². The number of hydrogen-bond donors (Lipinski definition) is 1. The van der Waals surface area contributed by atoms with Crippen LogP contribution in [0.5, 0.6) is 11.5 Å². The smallest absolute Gasteiger partial charge is 0.127 e. The Morgan fingerprint density at radius 1 is 1.29 bits per heavy atom. The second-order valence-corrected chi connectivity index (χ2v) is 5.95. The Morgan fingerprint density at radius 2 is 2.10 bits per heavy atom. The number of methoxy groups -OCH3 is 2. The minimum atomic E-state index is 0.214. The summed E-state index contributed by atoms with van der Waals surface area (Å²) in [5.41, 5.74) is 2.28. The number of aryl methyl sites for hydroxylation is 1. The molecule has 1 aromatic heterocycles. The average molecular weight is 306 g/mol. The lowest BCUT2D eigenvalue weighted by Gasteiger charge is -2.17. The molecule has 5 heteroatoms. The Bertz CT molecular complexity index is 583. The van der Waals surface area contributed by atoms with E-state index in [1.54, 1.807) is 25.6 Å². The standard InChI is InChI=1S/C16H22N2O2S/c1-11(17-8-7-13-10-21-12(2)18-13)15-6-5-14(19-3)9-16(15)20-4/h5-6,9-11,17H,7-8H2,1-4H3. The molecule has 4 nitrogen and oxygen atoms in total. The van der Waals surface area contributed by atoms with Crippen molar-refractivity contribution >= 4 is 11.3 Å². The monoisotopic (exact) mass is 306 g/mol. The zero-order valence-electron chi connectivity index (χ0n) is 13.0. The highest BCUT2D eigenvalue weighted by molar-refractivity contribution is 7.09. The molecule has 1 unspecified atom stereocenters. The summed E-state index contributed by atoms with van der Waals surface area (Å²) < 4.78 is 10.7. The van der Waals surface area contributed by atoms with E-state index in [1.807, 2.05) is 25.1 Å². The predicted octanol–water partition coefficient (Wildman–Crippen LogP) is 3.36. The third kappa shape index (κ3) is 4.19. The van der Waals surface area contributed by atoms with Crippen molar-refractivity contribution in [2.24, 2.45) is 0 Å². The molecule has 0 aliphatic carbocycles. The van der Waals surface area contributed by atoms with E-state index in [0.717, 1.165) is 40.7 Å². The Morgan fingerprint density at radius 3 is 2.71 bits per heavy atom. The zero-order valence-corrected chi connectivity index (χ0v) is 13.8. The third-order valence-electron chi connectivity index (χ3n) is 3.41. The lowest BCUT2D eigenvalue weighted by molar-refractivity contribution is 0.386. The molecule has 1 atom stereocenters. The summed E-state index contributed by atoms with van der Waals surface area (Å²) in [6.07, 6.45) is 0.938. The molecule has 2 aromatic rings. The van der Waals surface area contributed by atoms with Gasteiger partial charge in [-0.05, 0) is 19.9 Å². The lowest BCUT2D eigenvalue weighted by atomic mass is 10.1. The van der Waals surface area contributed by atoms with Crippen LogP contribution >= 0.6 is 11.3 Å². The molecule has 0 bridgehead atoms. The van der Waals surface area contributed by atoms with Gasteiger partial charge in [-0.3, -0.25) is 0 Å². The van der Waals surface area contributed by atoms with Gasteiger partial charge in [0.25, 0.3) is 0 Å². The second-order valence-electron chi connectivity index (χ2n) is 4.89. The SMILES string of the molecule is COc1ccc(C(C)NCCc2csc(C)n2)c(OC)c1. The van der Waals surface area contributed by atoms with Gasteiger partial charge in [-0.15, -0.1) is 11.3 Å². The first-order valence-electron chi connectivity index (χ1n) is 7.00. The molecule has 0 aliphatic rings. The molecule has 114 valence electrons. The molecule has 0 radical (unpaired) electrons. The number of nitrogens with zero attached hydrogens (tertiary/aromatic N) is 1. The number of aromatic nitrogens is 1. The van der Waals surface area contributed by atoms with Gasteiger partial charge >= 0.3 is 0 Å². The number of thiazole rings is 1. The maximum Gasteiger partial charge on any atom is 0.127 e. The highest BCUT2D eigenvalue weighted by Gasteiger charge is 2.12. The van der Waals surface area contributed by atoms with Crippen molar-refractivity contribution in [1.82, 2.24) is 10.3 Å². The molecule has 1 aromatic carbocycles. The van der Waals surface area contributed by atoms with E-state index >= 15 is 0 Å². The quantitative estimate of drug-likeness (QED) is 0.852. The summed E-state index contributed by atoms with van der Waals surface area (Å²) in [4.78, 5) is 4.47. The van der Waals surface area contributed by atoms with Gasteiger partial charge in [-0.1, -0.05) is 6.07 Å². The van der Waals surface area contributed by atoms with E-state index in [0.29, 0.717) is 0 Å². The number of ether oxygens (including phenoxy) is 2. The van der Waals surface area contributed by atoms with Crippen LogP contribution in [0.15, 0.2) is 23.6 Å². The van der Waals surface area contributed by atoms with E-state index in [-0.39, 0.29) is 6.04 Å². The van der Waals surface area contributed by atoms with Crippen molar-refractivity contribution in [3.63, 3.8) is 0 Å². The van der Waals surface area contributed by atoms with Gasteiger partial charge in [-0.2, -0.15) is 0 Å². The van der Waals surface area contributed by atoms with Gasteiger partial charge in [0.2, 0.25) is 0 Å². The van der Waals surface area contributed by atoms with Gasteiger partial charge in [0.1, 0.15) is 11.5 Å². The molecule has 0 saturated heterocycles. The minimum Gasteiger partial charge on any atom is -0.497 e. The Labute approximate surface area is 130 Å². The molecular weight excluding hydrogens is 284 g/mol. The fraction of sp³-hybridized carbons (Fsp3) is 0.438. The van der Waals surface area contributed by atoms with Gasteiger partial charge in [-0.25, -0.2) is 4.98 Å². The first-order chi connectivity index (χ1) is 10.1. The van der Waals surface area contributed by atoms with Crippen LogP contribution in [0.2, 0.25) is 0 Å². The molecule has 21 heavy (non-hydrogen) atoms. The number of benzene rings is 1. The lowest BCUT2D eigenvalue weighted by Crippen LogP contribution is -2.22. The van der Waals surface area contributed by atoms with Crippen LogP contribution in [0, 0.1) is 6.92 Å². The molecule has 0 spiro atoms. The van der Waals surface area contributed by atoms with Crippen molar-refractivity contribution < 1.29 is 9.47 Å².